The van der Waals surface area contributed by atoms with Crippen molar-refractivity contribution < 1.29 is 9.53 Å². The van der Waals surface area contributed by atoms with E-state index in [9.17, 15) is 4.79 Å². The van der Waals surface area contributed by atoms with Gasteiger partial charge in [-0.25, -0.2) is 0 Å². The second-order valence-electron chi connectivity index (χ2n) is 4.98. The van der Waals surface area contributed by atoms with Crippen LogP contribution in [0.3, 0.4) is 0 Å². The van der Waals surface area contributed by atoms with Gasteiger partial charge < -0.3 is 4.74 Å². The van der Waals surface area contributed by atoms with Gasteiger partial charge in [-0.1, -0.05) is 54.3 Å². The van der Waals surface area contributed by atoms with Gasteiger partial charge in [0.25, 0.3) is 0 Å². The molecule has 0 aliphatic heterocycles. The average Bonchev–Trinajstić information content (AvgIpc) is 2.46. The van der Waals surface area contributed by atoms with Gasteiger partial charge in [-0.05, 0) is 25.8 Å². The maximum atomic E-state index is 11.9. The Bertz CT molecular complexity index is 520. The van der Waals surface area contributed by atoms with Crippen molar-refractivity contribution in [1.82, 2.24) is 0 Å². The Morgan fingerprint density at radius 3 is 2.55 bits per heavy atom. The van der Waals surface area contributed by atoms with Gasteiger partial charge in [0, 0.05) is 0 Å². The molecule has 20 heavy (non-hydrogen) atoms. The quantitative estimate of drug-likeness (QED) is 0.615. The number of nitrogens with zero attached hydrogens (tertiary/aromatic N) is 1. The summed E-state index contributed by atoms with van der Waals surface area (Å²) in [4.78, 5) is 11.9. The predicted molar refractivity (Wildman–Crippen MR) is 85.5 cm³/mol. The molecule has 0 bridgehead atoms. The van der Waals surface area contributed by atoms with Crippen molar-refractivity contribution in [3.05, 3.63) is 35.9 Å². The number of thioether (sulfide) groups is 1. The molecule has 0 radical (unpaired) electrons. The van der Waals surface area contributed by atoms with E-state index in [1.54, 1.807) is 13.8 Å². The minimum atomic E-state index is -0.599. The lowest BCUT2D eigenvalue weighted by molar-refractivity contribution is -0.140. The zero-order valence-corrected chi connectivity index (χ0v) is 13.4. The van der Waals surface area contributed by atoms with Crippen LogP contribution in [0.2, 0.25) is 0 Å². The Hall–Kier alpha value is -1.38. The average molecular weight is 307 g/mol. The van der Waals surface area contributed by atoms with Crippen LogP contribution in [0.25, 0.3) is 0 Å². The van der Waals surface area contributed by atoms with E-state index in [0.717, 1.165) is 5.56 Å². The van der Waals surface area contributed by atoms with Crippen molar-refractivity contribution in [2.75, 3.05) is 7.11 Å². The zero-order chi connectivity index (χ0) is 15.2. The van der Waals surface area contributed by atoms with Crippen molar-refractivity contribution >= 4 is 34.1 Å². The lowest BCUT2D eigenvalue weighted by Gasteiger charge is -2.21. The Morgan fingerprint density at radius 2 is 2.05 bits per heavy atom. The first kappa shape index (κ1) is 16.7. The van der Waals surface area contributed by atoms with Gasteiger partial charge in [0.05, 0.1) is 22.8 Å². The molecule has 0 aliphatic carbocycles. The topological polar surface area (TPSA) is 50.1 Å². The van der Waals surface area contributed by atoms with Crippen LogP contribution in [0.5, 0.6) is 0 Å². The van der Waals surface area contributed by atoms with E-state index in [2.05, 4.69) is 6.07 Å². The number of hydrogen-bond donors (Lipinski definition) is 0. The fraction of sp³-hybridized carbons (Fsp3) is 0.400. The molecule has 1 aromatic carbocycles. The van der Waals surface area contributed by atoms with Gasteiger partial charge in [-0.2, -0.15) is 5.26 Å². The molecule has 0 saturated carbocycles. The molecule has 1 rings (SSSR count). The van der Waals surface area contributed by atoms with Gasteiger partial charge in [0.15, 0.2) is 0 Å². The molecule has 106 valence electrons. The minimum Gasteiger partial charge on any atom is -0.468 e. The third-order valence-corrected chi connectivity index (χ3v) is 4.34. The van der Waals surface area contributed by atoms with Crippen molar-refractivity contribution in [2.45, 2.75) is 25.5 Å². The van der Waals surface area contributed by atoms with E-state index in [-0.39, 0.29) is 5.97 Å². The number of benzene rings is 1. The van der Waals surface area contributed by atoms with Crippen LogP contribution < -0.4 is 0 Å². The normalized spacial score (nSPS) is 12.3. The predicted octanol–water partition coefficient (Wildman–Crippen LogP) is 3.58. The largest absolute Gasteiger partial charge is 0.468 e. The molecule has 1 unspecified atom stereocenters. The Morgan fingerprint density at radius 1 is 1.45 bits per heavy atom. The Labute approximate surface area is 129 Å². The highest BCUT2D eigenvalue weighted by Gasteiger charge is 2.30. The number of hydrogen-bond acceptors (Lipinski definition) is 5. The molecule has 1 atom stereocenters. The lowest BCUT2D eigenvalue weighted by Crippen LogP contribution is -2.26. The first-order valence-corrected chi connectivity index (χ1v) is 7.43. The monoisotopic (exact) mass is 307 g/mol. The van der Waals surface area contributed by atoms with E-state index in [4.69, 9.17) is 22.2 Å². The molecule has 0 N–H and O–H groups in total. The summed E-state index contributed by atoms with van der Waals surface area (Å²) >= 11 is 6.64. The first-order valence-electron chi connectivity index (χ1n) is 6.15. The molecule has 0 fully saturated rings. The molecule has 0 aromatic heterocycles. The van der Waals surface area contributed by atoms with E-state index < -0.39 is 10.7 Å². The maximum absolute atomic E-state index is 11.9. The Balaban J connectivity index is 2.84. The number of methoxy groups -OCH3 is 1. The fourth-order valence-electron chi connectivity index (χ4n) is 1.59. The summed E-state index contributed by atoms with van der Waals surface area (Å²) in [5, 5.41) is 8.63. The fourth-order valence-corrected chi connectivity index (χ4v) is 3.29. The number of nitriles is 1. The summed E-state index contributed by atoms with van der Waals surface area (Å²) < 4.78 is 5.44. The second-order valence-corrected chi connectivity index (χ2v) is 6.86. The number of esters is 1. The third-order valence-electron chi connectivity index (χ3n) is 2.72. The van der Waals surface area contributed by atoms with Crippen LogP contribution in [0.15, 0.2) is 30.3 Å². The molecule has 0 heterocycles. The first-order chi connectivity index (χ1) is 9.39. The zero-order valence-electron chi connectivity index (χ0n) is 11.8. The van der Waals surface area contributed by atoms with Gasteiger partial charge in [-0.15, -0.1) is 0 Å². The van der Waals surface area contributed by atoms with Crippen LogP contribution in [-0.2, 0) is 9.53 Å². The van der Waals surface area contributed by atoms with E-state index in [1.165, 1.54) is 18.9 Å². The number of carbonyl (C=O) groups excluding carboxylic acids is 1. The molecule has 3 nitrogen and oxygen atoms in total. The molecular weight excluding hydrogens is 290 g/mol. The molecule has 0 saturated heterocycles. The maximum Gasteiger partial charge on any atom is 0.319 e. The van der Waals surface area contributed by atoms with Crippen LogP contribution in [0.4, 0.5) is 0 Å². The lowest BCUT2D eigenvalue weighted by atomic mass is 9.89. The molecule has 1 aromatic rings. The van der Waals surface area contributed by atoms with Crippen LogP contribution >= 0.6 is 24.0 Å². The van der Waals surface area contributed by atoms with Crippen molar-refractivity contribution in [3.8, 4) is 6.07 Å². The highest BCUT2D eigenvalue weighted by molar-refractivity contribution is 8.24. The summed E-state index contributed by atoms with van der Waals surface area (Å²) in [6.45, 7) is 3.60. The highest BCUT2D eigenvalue weighted by Crippen LogP contribution is 2.31. The van der Waals surface area contributed by atoms with E-state index in [0.29, 0.717) is 10.6 Å². The summed E-state index contributed by atoms with van der Waals surface area (Å²) in [7, 11) is 1.35. The standard InChI is InChI=1S/C15H17NO2S2/c1-15(2,10-16)9-12(13(17)18-3)20-14(19)11-7-5-4-6-8-11/h4-8,12H,9H2,1-3H3. The SMILES string of the molecule is COC(=O)C(CC(C)(C)C#N)SC(=S)c1ccccc1. The third kappa shape index (κ3) is 4.95. The van der Waals surface area contributed by atoms with Crippen LogP contribution in [-0.4, -0.2) is 22.5 Å². The van der Waals surface area contributed by atoms with E-state index >= 15 is 0 Å². The smallest absolute Gasteiger partial charge is 0.319 e. The molecule has 0 aliphatic rings. The van der Waals surface area contributed by atoms with Crippen molar-refractivity contribution in [2.24, 2.45) is 5.41 Å². The van der Waals surface area contributed by atoms with Crippen LogP contribution in [0, 0.1) is 16.7 Å². The number of ether oxygens (including phenoxy) is 1. The molecular formula is C15H17NO2S2. The van der Waals surface area contributed by atoms with Gasteiger partial charge in [0.1, 0.15) is 5.25 Å². The van der Waals surface area contributed by atoms with Crippen molar-refractivity contribution in [1.29, 1.82) is 5.26 Å². The van der Waals surface area contributed by atoms with Gasteiger partial charge in [0.2, 0.25) is 0 Å². The van der Waals surface area contributed by atoms with Crippen LogP contribution in [0.1, 0.15) is 25.8 Å². The molecule has 5 heteroatoms. The van der Waals surface area contributed by atoms with Crippen molar-refractivity contribution in [3.63, 3.8) is 0 Å². The highest BCUT2D eigenvalue weighted by atomic mass is 32.2. The molecule has 0 amide bonds. The van der Waals surface area contributed by atoms with E-state index in [1.807, 2.05) is 30.3 Å². The number of thiocarbonyl (C=S) groups is 1. The summed E-state index contributed by atoms with van der Waals surface area (Å²) in [6, 6.07) is 11.7. The summed E-state index contributed by atoms with van der Waals surface area (Å²) in [5.74, 6) is -0.350. The number of carbonyl (C=O) groups is 1. The second kappa shape index (κ2) is 7.41. The van der Waals surface area contributed by atoms with Gasteiger partial charge >= 0.3 is 5.97 Å². The number of rotatable bonds is 5. The Kier molecular flexibility index (Phi) is 6.18. The molecule has 0 spiro atoms. The van der Waals surface area contributed by atoms with Gasteiger partial charge in [-0.3, -0.25) is 4.79 Å². The summed E-state index contributed by atoms with van der Waals surface area (Å²) in [6.07, 6.45) is 0.397. The summed E-state index contributed by atoms with van der Waals surface area (Å²) in [5.41, 5.74) is 0.300. The minimum absolute atomic E-state index is 0.350.